The number of aliphatic hydroxyl groups is 1. The van der Waals surface area contributed by atoms with E-state index in [9.17, 15) is 5.11 Å². The molecule has 0 heterocycles. The lowest BCUT2D eigenvalue weighted by Gasteiger charge is -2.20. The summed E-state index contributed by atoms with van der Waals surface area (Å²) in [6.45, 7) is 8.29. The fourth-order valence-electron chi connectivity index (χ4n) is 2.01. The van der Waals surface area contributed by atoms with Crippen LogP contribution in [0.1, 0.15) is 44.9 Å². The molecular weight excluding hydrogens is 328 g/mol. The maximum atomic E-state index is 9.59. The number of ether oxygens (including phenoxy) is 1. The lowest BCUT2D eigenvalue weighted by molar-refractivity contribution is 0.199. The quantitative estimate of drug-likeness (QED) is 0.782. The zero-order valence-corrected chi connectivity index (χ0v) is 14.4. The monoisotopic (exact) mass is 348 g/mol. The van der Waals surface area contributed by atoms with Gasteiger partial charge in [-0.15, -0.1) is 0 Å². The summed E-state index contributed by atoms with van der Waals surface area (Å²) in [6, 6.07) is 13.8. The normalized spacial score (nSPS) is 13.0. The molecule has 112 valence electrons. The average molecular weight is 349 g/mol. The number of halogens is 1. The van der Waals surface area contributed by atoms with E-state index in [4.69, 9.17) is 4.74 Å². The first kappa shape index (κ1) is 16.1. The van der Waals surface area contributed by atoms with E-state index in [0.29, 0.717) is 0 Å². The second-order valence-corrected chi connectivity index (χ2v) is 7.10. The zero-order chi connectivity index (χ0) is 15.6. The Bertz CT molecular complexity index is 627. The highest BCUT2D eigenvalue weighted by Crippen LogP contribution is 2.33. The van der Waals surface area contributed by atoms with E-state index in [2.05, 4.69) is 48.8 Å². The second kappa shape index (κ2) is 6.20. The van der Waals surface area contributed by atoms with Crippen LogP contribution in [0.4, 0.5) is 0 Å². The minimum absolute atomic E-state index is 0.0901. The molecule has 1 atom stereocenters. The van der Waals surface area contributed by atoms with Crippen LogP contribution in [-0.4, -0.2) is 5.11 Å². The third-order valence-electron chi connectivity index (χ3n) is 3.37. The van der Waals surface area contributed by atoms with Gasteiger partial charge in [-0.2, -0.15) is 0 Å². The Balaban J connectivity index is 2.26. The summed E-state index contributed by atoms with van der Waals surface area (Å²) in [6.07, 6.45) is -0.487. The van der Waals surface area contributed by atoms with Gasteiger partial charge in [-0.05, 0) is 63.7 Å². The van der Waals surface area contributed by atoms with E-state index in [1.165, 1.54) is 5.56 Å². The SMILES string of the molecule is CC(O)c1ccc(Oc2cccc(C(C)(C)C)c2)c(Br)c1. The van der Waals surface area contributed by atoms with Crippen LogP contribution in [0.15, 0.2) is 46.9 Å². The van der Waals surface area contributed by atoms with Gasteiger partial charge in [0.15, 0.2) is 0 Å². The molecule has 0 saturated heterocycles. The van der Waals surface area contributed by atoms with Crippen molar-refractivity contribution in [2.24, 2.45) is 0 Å². The van der Waals surface area contributed by atoms with Gasteiger partial charge in [0, 0.05) is 0 Å². The van der Waals surface area contributed by atoms with Crippen molar-refractivity contribution in [2.45, 2.75) is 39.2 Å². The van der Waals surface area contributed by atoms with E-state index in [1.54, 1.807) is 6.92 Å². The van der Waals surface area contributed by atoms with Crippen LogP contribution in [-0.2, 0) is 5.41 Å². The Kier molecular flexibility index (Phi) is 4.74. The highest BCUT2D eigenvalue weighted by molar-refractivity contribution is 9.10. The molecule has 2 rings (SSSR count). The molecule has 0 spiro atoms. The molecule has 0 bridgehead atoms. The summed E-state index contributed by atoms with van der Waals surface area (Å²) >= 11 is 3.49. The lowest BCUT2D eigenvalue weighted by atomic mass is 9.87. The molecule has 0 aliphatic carbocycles. The third kappa shape index (κ3) is 4.08. The van der Waals surface area contributed by atoms with Crippen molar-refractivity contribution in [3.63, 3.8) is 0 Å². The van der Waals surface area contributed by atoms with Crippen molar-refractivity contribution in [1.82, 2.24) is 0 Å². The molecule has 2 aromatic rings. The smallest absolute Gasteiger partial charge is 0.141 e. The van der Waals surface area contributed by atoms with Gasteiger partial charge >= 0.3 is 0 Å². The number of rotatable bonds is 3. The summed E-state index contributed by atoms with van der Waals surface area (Å²) in [5.74, 6) is 1.55. The zero-order valence-electron chi connectivity index (χ0n) is 12.9. The minimum Gasteiger partial charge on any atom is -0.456 e. The molecule has 2 nitrogen and oxygen atoms in total. The summed E-state index contributed by atoms with van der Waals surface area (Å²) in [5.41, 5.74) is 2.18. The van der Waals surface area contributed by atoms with E-state index in [0.717, 1.165) is 21.5 Å². The van der Waals surface area contributed by atoms with Gasteiger partial charge in [-0.25, -0.2) is 0 Å². The molecule has 21 heavy (non-hydrogen) atoms. The van der Waals surface area contributed by atoms with Gasteiger partial charge in [0.2, 0.25) is 0 Å². The summed E-state index contributed by atoms with van der Waals surface area (Å²) in [5, 5.41) is 9.59. The topological polar surface area (TPSA) is 29.5 Å². The lowest BCUT2D eigenvalue weighted by Crippen LogP contribution is -2.10. The molecule has 1 unspecified atom stereocenters. The van der Waals surface area contributed by atoms with Crippen LogP contribution in [0.5, 0.6) is 11.5 Å². The number of hydrogen-bond acceptors (Lipinski definition) is 2. The van der Waals surface area contributed by atoms with Gasteiger partial charge in [-0.1, -0.05) is 39.0 Å². The van der Waals surface area contributed by atoms with Crippen LogP contribution >= 0.6 is 15.9 Å². The van der Waals surface area contributed by atoms with Gasteiger partial charge < -0.3 is 9.84 Å². The highest BCUT2D eigenvalue weighted by atomic mass is 79.9. The van der Waals surface area contributed by atoms with Gasteiger partial charge in [0.25, 0.3) is 0 Å². The number of benzene rings is 2. The van der Waals surface area contributed by atoms with Crippen molar-refractivity contribution in [1.29, 1.82) is 0 Å². The predicted molar refractivity (Wildman–Crippen MR) is 90.0 cm³/mol. The highest BCUT2D eigenvalue weighted by Gasteiger charge is 2.14. The Morgan fingerprint density at radius 1 is 1.10 bits per heavy atom. The molecule has 1 N–H and O–H groups in total. The van der Waals surface area contributed by atoms with Crippen LogP contribution in [0.25, 0.3) is 0 Å². The van der Waals surface area contributed by atoms with Gasteiger partial charge in [0.1, 0.15) is 11.5 Å². The maximum Gasteiger partial charge on any atom is 0.141 e. The molecular formula is C18H21BrO2. The summed E-state index contributed by atoms with van der Waals surface area (Å²) < 4.78 is 6.79. The first-order valence-corrected chi connectivity index (χ1v) is 7.82. The Morgan fingerprint density at radius 3 is 2.38 bits per heavy atom. The van der Waals surface area contributed by atoms with Crippen LogP contribution in [0.2, 0.25) is 0 Å². The van der Waals surface area contributed by atoms with Crippen LogP contribution in [0, 0.1) is 0 Å². The molecule has 0 fully saturated rings. The van der Waals surface area contributed by atoms with Crippen molar-refractivity contribution in [3.8, 4) is 11.5 Å². The second-order valence-electron chi connectivity index (χ2n) is 6.25. The van der Waals surface area contributed by atoms with E-state index in [1.807, 2.05) is 30.3 Å². The number of hydrogen-bond donors (Lipinski definition) is 1. The summed E-state index contributed by atoms with van der Waals surface area (Å²) in [7, 11) is 0. The van der Waals surface area contributed by atoms with Gasteiger partial charge in [0.05, 0.1) is 10.6 Å². The van der Waals surface area contributed by atoms with E-state index in [-0.39, 0.29) is 5.41 Å². The fourth-order valence-corrected chi connectivity index (χ4v) is 2.49. The van der Waals surface area contributed by atoms with E-state index >= 15 is 0 Å². The van der Waals surface area contributed by atoms with Crippen molar-refractivity contribution in [3.05, 3.63) is 58.1 Å². The Hall–Kier alpha value is -1.32. The molecule has 0 amide bonds. The van der Waals surface area contributed by atoms with E-state index < -0.39 is 6.10 Å². The molecule has 0 aliphatic heterocycles. The van der Waals surface area contributed by atoms with Gasteiger partial charge in [-0.3, -0.25) is 0 Å². The van der Waals surface area contributed by atoms with Crippen molar-refractivity contribution in [2.75, 3.05) is 0 Å². The molecule has 2 aromatic carbocycles. The summed E-state index contributed by atoms with van der Waals surface area (Å²) in [4.78, 5) is 0. The van der Waals surface area contributed by atoms with Crippen molar-refractivity contribution < 1.29 is 9.84 Å². The average Bonchev–Trinajstić information content (AvgIpc) is 2.40. The maximum absolute atomic E-state index is 9.59. The fraction of sp³-hybridized carbons (Fsp3) is 0.333. The third-order valence-corrected chi connectivity index (χ3v) is 3.99. The van der Waals surface area contributed by atoms with Crippen LogP contribution in [0.3, 0.4) is 0 Å². The molecule has 0 saturated carbocycles. The Labute approximate surface area is 134 Å². The van der Waals surface area contributed by atoms with Crippen molar-refractivity contribution >= 4 is 15.9 Å². The first-order valence-electron chi connectivity index (χ1n) is 7.03. The predicted octanol–water partition coefficient (Wildman–Crippen LogP) is 5.59. The molecule has 0 aromatic heterocycles. The molecule has 3 heteroatoms. The standard InChI is InChI=1S/C18H21BrO2/c1-12(20)13-8-9-17(16(19)10-13)21-15-7-5-6-14(11-15)18(2,3)4/h5-12,20H,1-4H3. The first-order chi connectivity index (χ1) is 9.77. The molecule has 0 radical (unpaired) electrons. The Morgan fingerprint density at radius 2 is 1.81 bits per heavy atom. The minimum atomic E-state index is -0.487. The number of aliphatic hydroxyl groups excluding tert-OH is 1. The van der Waals surface area contributed by atoms with Crippen LogP contribution < -0.4 is 4.74 Å². The largest absolute Gasteiger partial charge is 0.456 e. The molecule has 0 aliphatic rings.